The Bertz CT molecular complexity index is 307. The summed E-state index contributed by atoms with van der Waals surface area (Å²) >= 11 is 0. The van der Waals surface area contributed by atoms with Gasteiger partial charge in [0.25, 0.3) is 0 Å². The Morgan fingerprint density at radius 1 is 1.20 bits per heavy atom. The van der Waals surface area contributed by atoms with Crippen LogP contribution < -0.4 is 0 Å². The van der Waals surface area contributed by atoms with Crippen LogP contribution in [0, 0.1) is 11.8 Å². The van der Waals surface area contributed by atoms with Crippen molar-refractivity contribution >= 4 is 0 Å². The second-order valence-corrected chi connectivity index (χ2v) is 5.09. The molecule has 0 radical (unpaired) electrons. The molecule has 0 aromatic rings. The van der Waals surface area contributed by atoms with Crippen LogP contribution in [-0.2, 0) is 0 Å². The van der Waals surface area contributed by atoms with Crippen molar-refractivity contribution in [2.75, 3.05) is 0 Å². The third-order valence-corrected chi connectivity index (χ3v) is 3.39. The SMILES string of the molecule is CCC(C)=C(C)CC1CC1C=C=C(C)C. The van der Waals surface area contributed by atoms with Crippen LogP contribution in [0.1, 0.15) is 53.9 Å². The standard InChI is InChI=1S/C15H24/c1-6-12(4)13(5)9-15-10-14(15)8-7-11(2)3/h8,14-15H,6,9-10H2,1-5H3. The summed E-state index contributed by atoms with van der Waals surface area (Å²) in [5.74, 6) is 1.71. The van der Waals surface area contributed by atoms with Crippen LogP contribution >= 0.6 is 0 Å². The van der Waals surface area contributed by atoms with Gasteiger partial charge in [-0.2, -0.15) is 0 Å². The lowest BCUT2D eigenvalue weighted by Gasteiger charge is -2.04. The Balaban J connectivity index is 2.44. The van der Waals surface area contributed by atoms with Gasteiger partial charge in [-0.25, -0.2) is 0 Å². The predicted molar refractivity (Wildman–Crippen MR) is 67.8 cm³/mol. The van der Waals surface area contributed by atoms with Gasteiger partial charge in [0.05, 0.1) is 0 Å². The molecule has 0 N–H and O–H groups in total. The highest BCUT2D eigenvalue weighted by Gasteiger charge is 2.34. The van der Waals surface area contributed by atoms with Gasteiger partial charge < -0.3 is 0 Å². The van der Waals surface area contributed by atoms with Crippen molar-refractivity contribution in [2.24, 2.45) is 11.8 Å². The first-order valence-electron chi connectivity index (χ1n) is 6.09. The molecule has 1 fully saturated rings. The molecule has 1 rings (SSSR count). The van der Waals surface area contributed by atoms with E-state index in [0.717, 1.165) is 11.8 Å². The van der Waals surface area contributed by atoms with Gasteiger partial charge in [0.1, 0.15) is 0 Å². The zero-order valence-electron chi connectivity index (χ0n) is 10.9. The highest BCUT2D eigenvalue weighted by atomic mass is 14.4. The van der Waals surface area contributed by atoms with Gasteiger partial charge >= 0.3 is 0 Å². The fourth-order valence-corrected chi connectivity index (χ4v) is 1.85. The van der Waals surface area contributed by atoms with Crippen molar-refractivity contribution in [3.05, 3.63) is 28.5 Å². The molecule has 0 heterocycles. The Kier molecular flexibility index (Phi) is 4.42. The molecule has 84 valence electrons. The molecule has 0 aliphatic heterocycles. The quantitative estimate of drug-likeness (QED) is 0.452. The van der Waals surface area contributed by atoms with E-state index in [1.54, 1.807) is 11.1 Å². The van der Waals surface area contributed by atoms with E-state index in [2.05, 4.69) is 46.4 Å². The van der Waals surface area contributed by atoms with Crippen LogP contribution in [0.3, 0.4) is 0 Å². The molecule has 1 aliphatic carbocycles. The summed E-state index contributed by atoms with van der Waals surface area (Å²) in [5.41, 5.74) is 7.80. The maximum absolute atomic E-state index is 3.33. The second kappa shape index (κ2) is 5.37. The molecule has 2 unspecified atom stereocenters. The zero-order valence-corrected chi connectivity index (χ0v) is 10.9. The molecule has 0 aromatic carbocycles. The van der Waals surface area contributed by atoms with E-state index >= 15 is 0 Å². The van der Waals surface area contributed by atoms with Crippen molar-refractivity contribution in [3.63, 3.8) is 0 Å². The number of rotatable bonds is 4. The van der Waals surface area contributed by atoms with E-state index in [1.165, 1.54) is 24.8 Å². The fraction of sp³-hybridized carbons (Fsp3) is 0.667. The lowest BCUT2D eigenvalue weighted by molar-refractivity contribution is 0.761. The van der Waals surface area contributed by atoms with E-state index in [9.17, 15) is 0 Å². The molecular weight excluding hydrogens is 180 g/mol. The molecule has 0 nitrogen and oxygen atoms in total. The molecule has 0 spiro atoms. The molecule has 1 saturated carbocycles. The highest BCUT2D eigenvalue weighted by Crippen LogP contribution is 2.44. The Hall–Kier alpha value is -0.740. The van der Waals surface area contributed by atoms with Crippen LogP contribution in [0.2, 0.25) is 0 Å². The first-order valence-corrected chi connectivity index (χ1v) is 6.09. The Morgan fingerprint density at radius 2 is 1.87 bits per heavy atom. The van der Waals surface area contributed by atoms with Crippen LogP contribution in [0.5, 0.6) is 0 Å². The average Bonchev–Trinajstić information content (AvgIpc) is 2.92. The number of hydrogen-bond donors (Lipinski definition) is 0. The molecule has 2 atom stereocenters. The van der Waals surface area contributed by atoms with Crippen LogP contribution in [0.15, 0.2) is 28.5 Å². The van der Waals surface area contributed by atoms with Crippen molar-refractivity contribution < 1.29 is 0 Å². The summed E-state index contributed by atoms with van der Waals surface area (Å²) in [5, 5.41) is 0. The van der Waals surface area contributed by atoms with E-state index < -0.39 is 0 Å². The normalized spacial score (nSPS) is 25.4. The van der Waals surface area contributed by atoms with Gasteiger partial charge in [-0.3, -0.25) is 0 Å². The van der Waals surface area contributed by atoms with Crippen LogP contribution in [0.25, 0.3) is 0 Å². The second-order valence-electron chi connectivity index (χ2n) is 5.09. The summed E-state index contributed by atoms with van der Waals surface area (Å²) in [4.78, 5) is 0. The van der Waals surface area contributed by atoms with E-state index in [0.29, 0.717) is 0 Å². The van der Waals surface area contributed by atoms with E-state index in [1.807, 2.05) is 0 Å². The third-order valence-electron chi connectivity index (χ3n) is 3.39. The highest BCUT2D eigenvalue weighted by molar-refractivity contribution is 5.14. The molecule has 0 bridgehead atoms. The van der Waals surface area contributed by atoms with Crippen LogP contribution in [-0.4, -0.2) is 0 Å². The van der Waals surface area contributed by atoms with Crippen LogP contribution in [0.4, 0.5) is 0 Å². The van der Waals surface area contributed by atoms with Crippen molar-refractivity contribution in [1.29, 1.82) is 0 Å². The summed E-state index contributed by atoms with van der Waals surface area (Å²) in [6, 6.07) is 0. The van der Waals surface area contributed by atoms with Gasteiger partial charge in [0.2, 0.25) is 0 Å². The van der Waals surface area contributed by atoms with Crippen molar-refractivity contribution in [2.45, 2.75) is 53.9 Å². The maximum Gasteiger partial charge on any atom is -0.0123 e. The van der Waals surface area contributed by atoms with E-state index in [-0.39, 0.29) is 0 Å². The van der Waals surface area contributed by atoms with Gasteiger partial charge in [0, 0.05) is 0 Å². The lowest BCUT2D eigenvalue weighted by atomic mass is 10.0. The molecule has 0 heteroatoms. The summed E-state index contributed by atoms with van der Waals surface area (Å²) in [6.45, 7) is 11.0. The monoisotopic (exact) mass is 204 g/mol. The predicted octanol–water partition coefficient (Wildman–Crippen LogP) is 4.88. The van der Waals surface area contributed by atoms with E-state index in [4.69, 9.17) is 0 Å². The molecular formula is C15H24. The minimum atomic E-state index is 0.805. The average molecular weight is 204 g/mol. The lowest BCUT2D eigenvalue weighted by Crippen LogP contribution is -1.87. The van der Waals surface area contributed by atoms with Gasteiger partial charge in [-0.1, -0.05) is 18.1 Å². The molecule has 15 heavy (non-hydrogen) atoms. The number of hydrogen-bond acceptors (Lipinski definition) is 0. The fourth-order valence-electron chi connectivity index (χ4n) is 1.85. The van der Waals surface area contributed by atoms with Gasteiger partial charge in [-0.15, -0.1) is 5.73 Å². The summed E-state index contributed by atoms with van der Waals surface area (Å²) < 4.78 is 0. The third kappa shape index (κ3) is 4.10. The zero-order chi connectivity index (χ0) is 11.4. The van der Waals surface area contributed by atoms with Gasteiger partial charge in [-0.05, 0) is 70.4 Å². The topological polar surface area (TPSA) is 0 Å². The minimum Gasteiger partial charge on any atom is -0.126 e. The number of allylic oxidation sites excluding steroid dienone is 3. The smallest absolute Gasteiger partial charge is 0.0123 e. The molecule has 0 aromatic heterocycles. The van der Waals surface area contributed by atoms with Crippen molar-refractivity contribution in [1.82, 2.24) is 0 Å². The Labute approximate surface area is 94.8 Å². The maximum atomic E-state index is 3.33. The molecule has 1 aliphatic rings. The molecule has 0 amide bonds. The first-order chi connectivity index (χ1) is 7.04. The van der Waals surface area contributed by atoms with Gasteiger partial charge in [0.15, 0.2) is 0 Å². The summed E-state index contributed by atoms with van der Waals surface area (Å²) in [7, 11) is 0. The van der Waals surface area contributed by atoms with Crippen molar-refractivity contribution in [3.8, 4) is 0 Å². The minimum absolute atomic E-state index is 0.805. The largest absolute Gasteiger partial charge is 0.126 e. The Morgan fingerprint density at radius 3 is 2.40 bits per heavy atom. The first kappa shape index (κ1) is 12.3. The molecule has 0 saturated heterocycles. The summed E-state index contributed by atoms with van der Waals surface area (Å²) in [6.07, 6.45) is 6.14.